The Morgan fingerprint density at radius 2 is 2.04 bits per heavy atom. The molecular formula is C16H16N2O6. The Morgan fingerprint density at radius 1 is 1.25 bits per heavy atom. The highest BCUT2D eigenvalue weighted by Crippen LogP contribution is 2.39. The van der Waals surface area contributed by atoms with Gasteiger partial charge in [0, 0.05) is 6.54 Å². The molecule has 8 nitrogen and oxygen atoms in total. The number of hydrogen-bond acceptors (Lipinski definition) is 7. The molecule has 0 unspecified atom stereocenters. The van der Waals surface area contributed by atoms with E-state index in [4.69, 9.17) is 14.3 Å². The molecule has 4 rings (SSSR count). The number of imide groups is 1. The Balaban J connectivity index is 1.71. The average molecular weight is 332 g/mol. The van der Waals surface area contributed by atoms with Crippen LogP contribution in [0.2, 0.25) is 0 Å². The van der Waals surface area contributed by atoms with Gasteiger partial charge >= 0.3 is 5.97 Å². The zero-order chi connectivity index (χ0) is 16.8. The van der Waals surface area contributed by atoms with Crippen LogP contribution in [0, 0.1) is 5.92 Å². The third kappa shape index (κ3) is 2.07. The number of para-hydroxylation sites is 1. The molecule has 3 heterocycles. The minimum atomic E-state index is -0.866. The molecule has 3 atom stereocenters. The summed E-state index contributed by atoms with van der Waals surface area (Å²) in [7, 11) is 1.25. The zero-order valence-corrected chi connectivity index (χ0v) is 13.0. The number of rotatable bonds is 2. The molecular weight excluding hydrogens is 316 g/mol. The molecule has 24 heavy (non-hydrogen) atoms. The fraction of sp³-hybridized carbons (Fsp3) is 0.438. The van der Waals surface area contributed by atoms with Crippen molar-refractivity contribution in [3.63, 3.8) is 0 Å². The number of carbonyl (C=O) groups is 3. The second-order valence-electron chi connectivity index (χ2n) is 5.86. The largest absolute Gasteiger partial charge is 0.465 e. The van der Waals surface area contributed by atoms with Crippen LogP contribution < -0.4 is 4.90 Å². The summed E-state index contributed by atoms with van der Waals surface area (Å²) >= 11 is 0. The van der Waals surface area contributed by atoms with Crippen molar-refractivity contribution in [3.8, 4) is 0 Å². The lowest BCUT2D eigenvalue weighted by Gasteiger charge is -2.30. The van der Waals surface area contributed by atoms with Crippen LogP contribution in [0.1, 0.15) is 10.4 Å². The molecule has 1 aromatic carbocycles. The van der Waals surface area contributed by atoms with Gasteiger partial charge in [0.15, 0.2) is 6.10 Å². The van der Waals surface area contributed by atoms with Gasteiger partial charge in [-0.15, -0.1) is 0 Å². The third-order valence-electron chi connectivity index (χ3n) is 4.62. The van der Waals surface area contributed by atoms with E-state index in [-0.39, 0.29) is 23.2 Å². The number of hydrogen-bond donors (Lipinski definition) is 0. The van der Waals surface area contributed by atoms with Crippen molar-refractivity contribution < 1.29 is 28.7 Å². The lowest BCUT2D eigenvalue weighted by Crippen LogP contribution is -2.47. The van der Waals surface area contributed by atoms with E-state index in [1.54, 1.807) is 23.3 Å². The summed E-state index contributed by atoms with van der Waals surface area (Å²) < 4.78 is 10.2. The van der Waals surface area contributed by atoms with E-state index in [2.05, 4.69) is 0 Å². The van der Waals surface area contributed by atoms with Gasteiger partial charge in [0.05, 0.1) is 43.5 Å². The van der Waals surface area contributed by atoms with Crippen LogP contribution in [0.15, 0.2) is 24.3 Å². The van der Waals surface area contributed by atoms with Crippen molar-refractivity contribution in [3.05, 3.63) is 29.8 Å². The van der Waals surface area contributed by atoms with Crippen molar-refractivity contribution in [1.82, 2.24) is 5.06 Å². The summed E-state index contributed by atoms with van der Waals surface area (Å²) in [4.78, 5) is 44.3. The molecule has 0 aromatic heterocycles. The number of ether oxygens (including phenoxy) is 2. The summed E-state index contributed by atoms with van der Waals surface area (Å²) in [6, 6.07) is 6.10. The first kappa shape index (κ1) is 15.3. The van der Waals surface area contributed by atoms with Crippen molar-refractivity contribution in [2.45, 2.75) is 12.1 Å². The number of methoxy groups -OCH3 is 1. The van der Waals surface area contributed by atoms with Crippen molar-refractivity contribution in [1.29, 1.82) is 0 Å². The Morgan fingerprint density at radius 3 is 2.83 bits per heavy atom. The van der Waals surface area contributed by atoms with Gasteiger partial charge in [-0.1, -0.05) is 12.1 Å². The van der Waals surface area contributed by atoms with Crippen LogP contribution in [0.4, 0.5) is 5.69 Å². The molecule has 0 spiro atoms. The number of anilines is 1. The van der Waals surface area contributed by atoms with Crippen molar-refractivity contribution in [2.24, 2.45) is 5.92 Å². The van der Waals surface area contributed by atoms with E-state index in [1.165, 1.54) is 13.2 Å². The Labute approximate surface area is 137 Å². The molecule has 0 N–H and O–H groups in total. The second kappa shape index (κ2) is 5.66. The van der Waals surface area contributed by atoms with Gasteiger partial charge in [-0.3, -0.25) is 14.4 Å². The molecule has 3 aliphatic rings. The first-order chi connectivity index (χ1) is 11.6. The summed E-state index contributed by atoms with van der Waals surface area (Å²) in [6.07, 6.45) is -0.866. The highest BCUT2D eigenvalue weighted by Gasteiger charge is 2.60. The number of benzene rings is 1. The quantitative estimate of drug-likeness (QED) is 0.556. The minimum Gasteiger partial charge on any atom is -0.465 e. The fourth-order valence-electron chi connectivity index (χ4n) is 3.50. The van der Waals surface area contributed by atoms with Crippen LogP contribution in [0.25, 0.3) is 0 Å². The zero-order valence-electron chi connectivity index (χ0n) is 13.0. The number of fused-ring (bicyclic) bond motifs is 3. The number of hydroxylamine groups is 2. The molecule has 2 amide bonds. The molecule has 3 saturated heterocycles. The van der Waals surface area contributed by atoms with E-state index >= 15 is 0 Å². The van der Waals surface area contributed by atoms with Crippen molar-refractivity contribution in [2.75, 3.05) is 31.8 Å². The summed E-state index contributed by atoms with van der Waals surface area (Å²) in [6.45, 7) is 1.37. The highest BCUT2D eigenvalue weighted by atomic mass is 16.7. The molecule has 0 radical (unpaired) electrons. The lowest BCUT2D eigenvalue weighted by atomic mass is 9.97. The minimum absolute atomic E-state index is 0.165. The number of carbonyl (C=O) groups excluding carboxylic acids is 3. The van der Waals surface area contributed by atoms with Gasteiger partial charge in [0.2, 0.25) is 5.91 Å². The standard InChI is InChI=1S/C16H16N2O6/c1-22-16(21)9-4-2-3-5-10(9)18-14(19)12-11-8-23-7-6-17(11)24-13(12)15(18)20/h2-5,11-13H,6-8H2,1H3/t11-,12-,13+/m1/s1. The predicted molar refractivity (Wildman–Crippen MR) is 80.0 cm³/mol. The van der Waals surface area contributed by atoms with Gasteiger partial charge < -0.3 is 9.47 Å². The molecule has 0 bridgehead atoms. The monoisotopic (exact) mass is 332 g/mol. The molecule has 126 valence electrons. The van der Waals surface area contributed by atoms with Gasteiger partial charge in [-0.05, 0) is 12.1 Å². The maximum atomic E-state index is 12.9. The number of esters is 1. The van der Waals surface area contributed by atoms with E-state index in [0.717, 1.165) is 4.90 Å². The number of morpholine rings is 1. The number of nitrogens with zero attached hydrogens (tertiary/aromatic N) is 2. The molecule has 1 aromatic rings. The second-order valence-corrected chi connectivity index (χ2v) is 5.86. The summed E-state index contributed by atoms with van der Waals surface area (Å²) in [5, 5.41) is 1.66. The first-order valence-corrected chi connectivity index (χ1v) is 7.70. The lowest BCUT2D eigenvalue weighted by molar-refractivity contribution is -0.197. The van der Waals surface area contributed by atoms with Gasteiger partial charge in [0.1, 0.15) is 0 Å². The molecule has 8 heteroatoms. The Kier molecular flexibility index (Phi) is 3.60. The van der Waals surface area contributed by atoms with E-state index in [9.17, 15) is 14.4 Å². The van der Waals surface area contributed by atoms with Crippen molar-refractivity contribution >= 4 is 23.5 Å². The van der Waals surface area contributed by atoms with Crippen LogP contribution in [-0.4, -0.2) is 61.9 Å². The smallest absolute Gasteiger partial charge is 0.339 e. The van der Waals surface area contributed by atoms with Gasteiger partial charge in [-0.25, -0.2) is 9.69 Å². The van der Waals surface area contributed by atoms with E-state index in [0.29, 0.717) is 19.8 Å². The summed E-state index contributed by atoms with van der Waals surface area (Å²) in [5.41, 5.74) is 0.388. The number of amides is 2. The fourth-order valence-corrected chi connectivity index (χ4v) is 3.50. The summed E-state index contributed by atoms with van der Waals surface area (Å²) in [5.74, 6) is -2.06. The molecule has 0 aliphatic carbocycles. The first-order valence-electron chi connectivity index (χ1n) is 7.70. The normalized spacial score (nSPS) is 29.5. The highest BCUT2D eigenvalue weighted by molar-refractivity contribution is 6.25. The van der Waals surface area contributed by atoms with E-state index in [1.807, 2.05) is 0 Å². The Bertz CT molecular complexity index is 720. The van der Waals surface area contributed by atoms with Crippen LogP contribution in [0.5, 0.6) is 0 Å². The van der Waals surface area contributed by atoms with Crippen LogP contribution in [0.3, 0.4) is 0 Å². The maximum absolute atomic E-state index is 12.9. The topological polar surface area (TPSA) is 85.4 Å². The third-order valence-corrected chi connectivity index (χ3v) is 4.62. The molecule has 0 saturated carbocycles. The van der Waals surface area contributed by atoms with Crippen LogP contribution in [-0.2, 0) is 23.9 Å². The molecule has 3 fully saturated rings. The van der Waals surface area contributed by atoms with Crippen LogP contribution >= 0.6 is 0 Å². The maximum Gasteiger partial charge on any atom is 0.339 e. The van der Waals surface area contributed by atoms with E-state index < -0.39 is 23.9 Å². The average Bonchev–Trinajstić information content (AvgIpc) is 3.11. The van der Waals surface area contributed by atoms with Gasteiger partial charge in [0.25, 0.3) is 5.91 Å². The predicted octanol–water partition coefficient (Wildman–Crippen LogP) is -0.0228. The molecule has 3 aliphatic heterocycles. The Hall–Kier alpha value is -2.29. The SMILES string of the molecule is COC(=O)c1ccccc1N1C(=O)[C@H]2[C@H](ON3CCOC[C@H]23)C1=O. The van der Waals surface area contributed by atoms with Gasteiger partial charge in [-0.2, -0.15) is 5.06 Å².